The van der Waals surface area contributed by atoms with Crippen LogP contribution < -0.4 is 5.73 Å². The fourth-order valence-corrected chi connectivity index (χ4v) is 4.17. The molecule has 0 spiro atoms. The summed E-state index contributed by atoms with van der Waals surface area (Å²) in [5, 5.41) is 0. The first-order valence-corrected chi connectivity index (χ1v) is 8.39. The van der Waals surface area contributed by atoms with Crippen LogP contribution in [0.15, 0.2) is 12.1 Å². The van der Waals surface area contributed by atoms with Gasteiger partial charge in [-0.1, -0.05) is 13.0 Å². The quantitative estimate of drug-likeness (QED) is 0.867. The molecule has 1 aromatic rings. The summed E-state index contributed by atoms with van der Waals surface area (Å²) in [5.74, 6) is 0.743. The van der Waals surface area contributed by atoms with Crippen molar-refractivity contribution >= 4 is 5.69 Å². The Balaban J connectivity index is 1.76. The predicted molar refractivity (Wildman–Crippen MR) is 89.3 cm³/mol. The molecule has 2 aliphatic rings. The summed E-state index contributed by atoms with van der Waals surface area (Å²) in [7, 11) is 4.46. The molecule has 0 unspecified atom stereocenters. The molecule has 1 aliphatic carbocycles. The van der Waals surface area contributed by atoms with Gasteiger partial charge in [0.2, 0.25) is 0 Å². The number of hydrogen-bond acceptors (Lipinski definition) is 3. The van der Waals surface area contributed by atoms with Crippen molar-refractivity contribution in [2.24, 2.45) is 0 Å². The Morgan fingerprint density at radius 3 is 2.48 bits per heavy atom. The van der Waals surface area contributed by atoms with Crippen LogP contribution in [0.4, 0.5) is 5.69 Å². The van der Waals surface area contributed by atoms with Gasteiger partial charge in [0.15, 0.2) is 0 Å². The van der Waals surface area contributed by atoms with Crippen molar-refractivity contribution in [2.45, 2.75) is 57.7 Å². The van der Waals surface area contributed by atoms with E-state index < -0.39 is 0 Å². The molecule has 1 heterocycles. The average molecular weight is 287 g/mol. The molecule has 2 N–H and O–H groups in total. The SMILES string of the molecule is CCN(C)C1CCC(c2ccc(N)c3c2CN(C)C3)CC1. The highest BCUT2D eigenvalue weighted by Gasteiger charge is 2.29. The van der Waals surface area contributed by atoms with E-state index in [4.69, 9.17) is 5.73 Å². The van der Waals surface area contributed by atoms with Crippen LogP contribution in [0.25, 0.3) is 0 Å². The average Bonchev–Trinajstić information content (AvgIpc) is 2.89. The molecular formula is C18H29N3. The lowest BCUT2D eigenvalue weighted by atomic mass is 9.79. The van der Waals surface area contributed by atoms with Crippen LogP contribution in [0.1, 0.15) is 55.2 Å². The molecule has 1 fully saturated rings. The van der Waals surface area contributed by atoms with Crippen molar-refractivity contribution in [1.82, 2.24) is 9.80 Å². The molecule has 116 valence electrons. The number of rotatable bonds is 3. The Bertz CT molecular complexity index is 503. The van der Waals surface area contributed by atoms with Crippen LogP contribution in [-0.2, 0) is 13.1 Å². The third-order valence-corrected chi connectivity index (χ3v) is 5.62. The van der Waals surface area contributed by atoms with E-state index in [1.807, 2.05) is 0 Å². The summed E-state index contributed by atoms with van der Waals surface area (Å²) in [4.78, 5) is 4.89. The third kappa shape index (κ3) is 2.82. The first-order valence-electron chi connectivity index (χ1n) is 8.39. The minimum Gasteiger partial charge on any atom is -0.398 e. The van der Waals surface area contributed by atoms with Crippen molar-refractivity contribution in [3.63, 3.8) is 0 Å². The summed E-state index contributed by atoms with van der Waals surface area (Å²) in [6.07, 6.45) is 5.33. The Morgan fingerprint density at radius 2 is 1.81 bits per heavy atom. The number of fused-ring (bicyclic) bond motifs is 1. The maximum Gasteiger partial charge on any atom is 0.0363 e. The standard InChI is InChI=1S/C18H29N3/c1-4-21(3)14-7-5-13(6-8-14)15-9-10-18(19)17-12-20(2)11-16(15)17/h9-10,13-14H,4-8,11-12,19H2,1-3H3. The summed E-state index contributed by atoms with van der Waals surface area (Å²) >= 11 is 0. The molecule has 3 heteroatoms. The summed E-state index contributed by atoms with van der Waals surface area (Å²) < 4.78 is 0. The Morgan fingerprint density at radius 1 is 1.14 bits per heavy atom. The zero-order valence-electron chi connectivity index (χ0n) is 13.7. The van der Waals surface area contributed by atoms with Crippen LogP contribution >= 0.6 is 0 Å². The van der Waals surface area contributed by atoms with Crippen LogP contribution in [0.3, 0.4) is 0 Å². The van der Waals surface area contributed by atoms with Crippen LogP contribution in [0.5, 0.6) is 0 Å². The fourth-order valence-electron chi connectivity index (χ4n) is 4.17. The van der Waals surface area contributed by atoms with Crippen molar-refractivity contribution < 1.29 is 0 Å². The Labute approximate surface area is 129 Å². The molecule has 1 aromatic carbocycles. The van der Waals surface area contributed by atoms with Crippen LogP contribution in [-0.4, -0.2) is 36.5 Å². The monoisotopic (exact) mass is 287 g/mol. The number of nitrogens with zero attached hydrogens (tertiary/aromatic N) is 2. The largest absolute Gasteiger partial charge is 0.398 e. The summed E-state index contributed by atoms with van der Waals surface area (Å²) in [5.41, 5.74) is 11.7. The molecule has 1 aliphatic heterocycles. The van der Waals surface area contributed by atoms with Gasteiger partial charge in [0.05, 0.1) is 0 Å². The molecule has 1 saturated carbocycles. The zero-order valence-corrected chi connectivity index (χ0v) is 13.7. The Kier molecular flexibility index (Phi) is 4.23. The van der Waals surface area contributed by atoms with E-state index in [2.05, 4.69) is 43.0 Å². The van der Waals surface area contributed by atoms with Gasteiger partial charge in [0, 0.05) is 24.8 Å². The lowest BCUT2D eigenvalue weighted by Gasteiger charge is -2.35. The van der Waals surface area contributed by atoms with Crippen molar-refractivity contribution in [2.75, 3.05) is 26.4 Å². The number of nitrogens with two attached hydrogens (primary N) is 1. The lowest BCUT2D eigenvalue weighted by Crippen LogP contribution is -2.34. The molecule has 3 nitrogen and oxygen atoms in total. The predicted octanol–water partition coefficient (Wildman–Crippen LogP) is 3.19. The van der Waals surface area contributed by atoms with Gasteiger partial charge in [0.25, 0.3) is 0 Å². The van der Waals surface area contributed by atoms with Gasteiger partial charge in [-0.05, 0) is 75.0 Å². The summed E-state index contributed by atoms with van der Waals surface area (Å²) in [6.45, 7) is 5.51. The second kappa shape index (κ2) is 5.98. The number of benzene rings is 1. The zero-order chi connectivity index (χ0) is 15.0. The molecule has 0 bridgehead atoms. The maximum atomic E-state index is 6.18. The van der Waals surface area contributed by atoms with Crippen molar-refractivity contribution in [3.05, 3.63) is 28.8 Å². The highest BCUT2D eigenvalue weighted by molar-refractivity contribution is 5.56. The number of hydrogen-bond donors (Lipinski definition) is 1. The van der Waals surface area contributed by atoms with E-state index in [-0.39, 0.29) is 0 Å². The molecule has 0 amide bonds. The van der Waals surface area contributed by atoms with Gasteiger partial charge in [-0.3, -0.25) is 4.90 Å². The second-order valence-electron chi connectivity index (χ2n) is 6.95. The van der Waals surface area contributed by atoms with Crippen LogP contribution in [0, 0.1) is 0 Å². The van der Waals surface area contributed by atoms with Crippen LogP contribution in [0.2, 0.25) is 0 Å². The topological polar surface area (TPSA) is 32.5 Å². The highest BCUT2D eigenvalue weighted by atomic mass is 15.1. The normalized spacial score (nSPS) is 26.3. The Hall–Kier alpha value is -1.06. The van der Waals surface area contributed by atoms with E-state index in [9.17, 15) is 0 Å². The highest BCUT2D eigenvalue weighted by Crippen LogP contribution is 2.40. The van der Waals surface area contributed by atoms with E-state index in [0.29, 0.717) is 0 Å². The van der Waals surface area contributed by atoms with Gasteiger partial charge in [-0.2, -0.15) is 0 Å². The van der Waals surface area contributed by atoms with Gasteiger partial charge in [-0.15, -0.1) is 0 Å². The van der Waals surface area contributed by atoms with E-state index >= 15 is 0 Å². The molecular weight excluding hydrogens is 258 g/mol. The second-order valence-corrected chi connectivity index (χ2v) is 6.95. The lowest BCUT2D eigenvalue weighted by molar-refractivity contribution is 0.190. The fraction of sp³-hybridized carbons (Fsp3) is 0.667. The van der Waals surface area contributed by atoms with E-state index in [0.717, 1.165) is 37.3 Å². The molecule has 0 saturated heterocycles. The minimum absolute atomic E-state index is 0.743. The number of nitrogen functional groups attached to an aromatic ring is 1. The van der Waals surface area contributed by atoms with Crippen molar-refractivity contribution in [1.29, 1.82) is 0 Å². The third-order valence-electron chi connectivity index (χ3n) is 5.62. The molecule has 0 aromatic heterocycles. The molecule has 3 rings (SSSR count). The van der Waals surface area contributed by atoms with Gasteiger partial charge < -0.3 is 10.6 Å². The number of anilines is 1. The van der Waals surface area contributed by atoms with Gasteiger partial charge >= 0.3 is 0 Å². The minimum atomic E-state index is 0.743. The molecule has 0 atom stereocenters. The van der Waals surface area contributed by atoms with Gasteiger partial charge in [0.1, 0.15) is 0 Å². The molecule has 0 radical (unpaired) electrons. The van der Waals surface area contributed by atoms with Crippen molar-refractivity contribution in [3.8, 4) is 0 Å². The van der Waals surface area contributed by atoms with E-state index in [1.54, 1.807) is 5.56 Å². The maximum absolute atomic E-state index is 6.18. The smallest absolute Gasteiger partial charge is 0.0363 e. The van der Waals surface area contributed by atoms with E-state index in [1.165, 1.54) is 36.8 Å². The van der Waals surface area contributed by atoms with Gasteiger partial charge in [-0.25, -0.2) is 0 Å². The molecule has 21 heavy (non-hydrogen) atoms. The first kappa shape index (κ1) is 14.9. The summed E-state index contributed by atoms with van der Waals surface area (Å²) in [6, 6.07) is 5.23. The first-order chi connectivity index (χ1) is 10.1.